The highest BCUT2D eigenvalue weighted by molar-refractivity contribution is 8.00. The van der Waals surface area contributed by atoms with Gasteiger partial charge in [0.15, 0.2) is 0 Å². The summed E-state index contributed by atoms with van der Waals surface area (Å²) < 4.78 is 0.0669. The maximum Gasteiger partial charge on any atom is 0.228 e. The Morgan fingerprint density at radius 1 is 1.07 bits per heavy atom. The van der Waals surface area contributed by atoms with Crippen LogP contribution in [0, 0.1) is 11.3 Å². The van der Waals surface area contributed by atoms with Crippen LogP contribution in [-0.2, 0) is 16.0 Å². The molecule has 0 atom stereocenters. The summed E-state index contributed by atoms with van der Waals surface area (Å²) in [4.78, 5) is 18.8. The van der Waals surface area contributed by atoms with Gasteiger partial charge in [0.05, 0.1) is 6.42 Å². The lowest BCUT2D eigenvalue weighted by Gasteiger charge is -2.16. The molecule has 1 N–H and O–H groups in total. The molecular weight excluding hydrogens is 410 g/mol. The van der Waals surface area contributed by atoms with Gasteiger partial charge in [-0.05, 0) is 66.6 Å². The SMILES string of the molecule is CSc1ccc(CC(=O)Nc2ccc(C3(Sc4ccc(C#N)nc4)CC3)cc2)cc1. The Kier molecular flexibility index (Phi) is 6.12. The molecule has 1 aliphatic carbocycles. The minimum absolute atomic E-state index is 0.0150. The van der Waals surface area contributed by atoms with Crippen LogP contribution in [0.2, 0.25) is 0 Å². The van der Waals surface area contributed by atoms with Crippen molar-refractivity contribution in [2.24, 2.45) is 0 Å². The van der Waals surface area contributed by atoms with Crippen molar-refractivity contribution in [1.29, 1.82) is 5.26 Å². The molecule has 4 nitrogen and oxygen atoms in total. The Labute approximate surface area is 185 Å². The zero-order chi connectivity index (χ0) is 21.0. The molecule has 150 valence electrons. The molecule has 1 amide bonds. The lowest BCUT2D eigenvalue weighted by molar-refractivity contribution is -0.115. The first-order valence-corrected chi connectivity index (χ1v) is 11.7. The summed E-state index contributed by atoms with van der Waals surface area (Å²) in [5.74, 6) is -0.0150. The maximum absolute atomic E-state index is 12.4. The molecule has 1 saturated carbocycles. The van der Waals surface area contributed by atoms with E-state index >= 15 is 0 Å². The summed E-state index contributed by atoms with van der Waals surface area (Å²) in [5.41, 5.74) is 3.50. The number of thioether (sulfide) groups is 2. The first kappa shape index (κ1) is 20.5. The Balaban J connectivity index is 1.37. The molecule has 1 heterocycles. The quantitative estimate of drug-likeness (QED) is 0.491. The highest BCUT2D eigenvalue weighted by Gasteiger charge is 2.45. The fraction of sp³-hybridized carbons (Fsp3) is 0.208. The number of nitrogens with zero attached hydrogens (tertiary/aromatic N) is 2. The van der Waals surface area contributed by atoms with Crippen molar-refractivity contribution in [2.45, 2.75) is 33.8 Å². The highest BCUT2D eigenvalue weighted by atomic mass is 32.2. The standard InChI is InChI=1S/C24H21N3OS2/c1-29-21-9-2-17(3-10-21)14-23(28)27-19-6-4-18(5-7-19)24(12-13-24)30-22-11-8-20(15-25)26-16-22/h2-11,16H,12-14H2,1H3,(H,27,28). The summed E-state index contributed by atoms with van der Waals surface area (Å²) in [7, 11) is 0. The van der Waals surface area contributed by atoms with Crippen LogP contribution in [0.25, 0.3) is 0 Å². The largest absolute Gasteiger partial charge is 0.326 e. The van der Waals surface area contributed by atoms with Crippen molar-refractivity contribution in [1.82, 2.24) is 4.98 Å². The van der Waals surface area contributed by atoms with Crippen LogP contribution in [-0.4, -0.2) is 17.1 Å². The van der Waals surface area contributed by atoms with E-state index < -0.39 is 0 Å². The molecule has 0 aliphatic heterocycles. The molecule has 0 radical (unpaired) electrons. The van der Waals surface area contributed by atoms with E-state index in [0.29, 0.717) is 12.1 Å². The predicted molar refractivity (Wildman–Crippen MR) is 123 cm³/mol. The Morgan fingerprint density at radius 3 is 2.33 bits per heavy atom. The summed E-state index contributed by atoms with van der Waals surface area (Å²) in [6.45, 7) is 0. The van der Waals surface area contributed by atoms with Gasteiger partial charge < -0.3 is 5.32 Å². The van der Waals surface area contributed by atoms with Crippen LogP contribution in [0.4, 0.5) is 5.69 Å². The maximum atomic E-state index is 12.4. The summed E-state index contributed by atoms with van der Waals surface area (Å²) in [6, 6.07) is 22.0. The smallest absolute Gasteiger partial charge is 0.228 e. The number of pyridine rings is 1. The zero-order valence-corrected chi connectivity index (χ0v) is 18.2. The fourth-order valence-corrected chi connectivity index (χ4v) is 4.95. The second kappa shape index (κ2) is 8.95. The van der Waals surface area contributed by atoms with E-state index in [-0.39, 0.29) is 10.7 Å². The van der Waals surface area contributed by atoms with Crippen LogP contribution in [0.3, 0.4) is 0 Å². The lowest BCUT2D eigenvalue weighted by atomic mass is 10.1. The number of anilines is 1. The van der Waals surface area contributed by atoms with E-state index in [1.807, 2.05) is 48.7 Å². The van der Waals surface area contributed by atoms with Gasteiger partial charge in [-0.2, -0.15) is 5.26 Å². The average molecular weight is 432 g/mol. The van der Waals surface area contributed by atoms with E-state index in [0.717, 1.165) is 29.0 Å². The number of nitriles is 1. The molecule has 1 fully saturated rings. The molecule has 30 heavy (non-hydrogen) atoms. The molecule has 2 aromatic carbocycles. The van der Waals surface area contributed by atoms with Crippen molar-refractivity contribution < 1.29 is 4.79 Å². The second-order valence-electron chi connectivity index (χ2n) is 7.24. The van der Waals surface area contributed by atoms with Crippen molar-refractivity contribution in [3.05, 3.63) is 83.7 Å². The van der Waals surface area contributed by atoms with Crippen molar-refractivity contribution in [3.63, 3.8) is 0 Å². The molecule has 0 unspecified atom stereocenters. The molecule has 6 heteroatoms. The van der Waals surface area contributed by atoms with Gasteiger partial charge >= 0.3 is 0 Å². The zero-order valence-electron chi connectivity index (χ0n) is 16.6. The second-order valence-corrected chi connectivity index (χ2v) is 9.57. The van der Waals surface area contributed by atoms with E-state index in [1.165, 1.54) is 10.5 Å². The number of amides is 1. The van der Waals surface area contributed by atoms with Crippen LogP contribution in [0.15, 0.2) is 76.7 Å². The van der Waals surface area contributed by atoms with Crippen molar-refractivity contribution >= 4 is 35.1 Å². The normalized spacial score (nSPS) is 14.0. The monoisotopic (exact) mass is 431 g/mol. The van der Waals surface area contributed by atoms with Crippen LogP contribution in [0.5, 0.6) is 0 Å². The van der Waals surface area contributed by atoms with Crippen molar-refractivity contribution in [3.8, 4) is 6.07 Å². The van der Waals surface area contributed by atoms with Crippen molar-refractivity contribution in [2.75, 3.05) is 11.6 Å². The van der Waals surface area contributed by atoms with E-state index in [1.54, 1.807) is 35.8 Å². The first-order chi connectivity index (χ1) is 14.6. The third kappa shape index (κ3) is 4.86. The molecule has 4 rings (SSSR count). The molecule has 1 aliphatic rings. The number of carbonyl (C=O) groups is 1. The van der Waals surface area contributed by atoms with Gasteiger partial charge in [-0.25, -0.2) is 4.98 Å². The molecule has 0 saturated heterocycles. The molecule has 0 spiro atoms. The van der Waals surface area contributed by atoms with Crippen LogP contribution >= 0.6 is 23.5 Å². The minimum Gasteiger partial charge on any atom is -0.326 e. The number of carbonyl (C=O) groups excluding carboxylic acids is 1. The van der Waals surface area contributed by atoms with E-state index in [2.05, 4.69) is 28.5 Å². The Bertz CT molecular complexity index is 1070. The van der Waals surface area contributed by atoms with Gasteiger partial charge in [0.25, 0.3) is 0 Å². The third-order valence-electron chi connectivity index (χ3n) is 5.09. The number of rotatable bonds is 7. The summed E-state index contributed by atoms with van der Waals surface area (Å²) >= 11 is 3.48. The van der Waals surface area contributed by atoms with Gasteiger partial charge in [0.1, 0.15) is 11.8 Å². The molecular formula is C24H21N3OS2. The third-order valence-corrected chi connectivity index (χ3v) is 7.34. The fourth-order valence-electron chi connectivity index (χ4n) is 3.29. The predicted octanol–water partition coefficient (Wildman–Crippen LogP) is 5.64. The van der Waals surface area contributed by atoms with E-state index in [4.69, 9.17) is 5.26 Å². The highest BCUT2D eigenvalue weighted by Crippen LogP contribution is 2.59. The van der Waals surface area contributed by atoms with Gasteiger partial charge in [0, 0.05) is 26.4 Å². The number of hydrogen-bond acceptors (Lipinski definition) is 5. The van der Waals surface area contributed by atoms with Crippen LogP contribution < -0.4 is 5.32 Å². The number of hydrogen-bond donors (Lipinski definition) is 1. The summed E-state index contributed by atoms with van der Waals surface area (Å²) in [6.07, 6.45) is 6.38. The molecule has 0 bridgehead atoms. The van der Waals surface area contributed by atoms with Crippen LogP contribution in [0.1, 0.15) is 29.7 Å². The Morgan fingerprint density at radius 2 is 1.77 bits per heavy atom. The van der Waals surface area contributed by atoms with Gasteiger partial charge in [-0.3, -0.25) is 4.79 Å². The topological polar surface area (TPSA) is 65.8 Å². The Hall–Kier alpha value is -2.75. The lowest BCUT2D eigenvalue weighted by Crippen LogP contribution is -2.14. The number of nitrogens with one attached hydrogen (secondary N) is 1. The number of benzene rings is 2. The average Bonchev–Trinajstić information content (AvgIpc) is 3.56. The molecule has 1 aromatic heterocycles. The van der Waals surface area contributed by atoms with Gasteiger partial charge in [-0.15, -0.1) is 23.5 Å². The summed E-state index contributed by atoms with van der Waals surface area (Å²) in [5, 5.41) is 11.9. The van der Waals surface area contributed by atoms with E-state index in [9.17, 15) is 4.79 Å². The number of aromatic nitrogens is 1. The van der Waals surface area contributed by atoms with Gasteiger partial charge in [0.2, 0.25) is 5.91 Å². The first-order valence-electron chi connectivity index (χ1n) is 9.69. The van der Waals surface area contributed by atoms with Gasteiger partial charge in [-0.1, -0.05) is 24.3 Å². The molecule has 3 aromatic rings. The minimum atomic E-state index is -0.0150.